The molecule has 1 aromatic carbocycles. The molecule has 0 amide bonds. The van der Waals surface area contributed by atoms with Crippen LogP contribution in [0.3, 0.4) is 0 Å². The second-order valence-corrected chi connectivity index (χ2v) is 3.36. The van der Waals surface area contributed by atoms with Gasteiger partial charge < -0.3 is 5.32 Å². The van der Waals surface area contributed by atoms with E-state index in [9.17, 15) is 0 Å². The molecule has 0 saturated carbocycles. The Morgan fingerprint density at radius 1 is 1.46 bits per heavy atom. The van der Waals surface area contributed by atoms with Crippen LogP contribution in [0.5, 0.6) is 0 Å². The minimum atomic E-state index is 0.893. The first kappa shape index (κ1) is 10.1. The van der Waals surface area contributed by atoms with Crippen LogP contribution in [0.25, 0.3) is 0 Å². The van der Waals surface area contributed by atoms with E-state index in [-0.39, 0.29) is 0 Å². The van der Waals surface area contributed by atoms with Gasteiger partial charge in [-0.15, -0.1) is 0 Å². The summed E-state index contributed by atoms with van der Waals surface area (Å²) in [6.07, 6.45) is 0.893. The molecule has 0 atom stereocenters. The van der Waals surface area contributed by atoms with Crippen LogP contribution in [0.15, 0.2) is 24.3 Å². The molecule has 0 heterocycles. The number of nitrogens with one attached hydrogen (secondary N) is 1. The fourth-order valence-electron chi connectivity index (χ4n) is 0.964. The number of halogens is 1. The largest absolute Gasteiger partial charge is 0.388 e. The molecule has 1 aromatic rings. The third-order valence-electron chi connectivity index (χ3n) is 1.60. The summed E-state index contributed by atoms with van der Waals surface area (Å²) in [5.41, 5.74) is 2.17. The highest BCUT2D eigenvalue weighted by atomic mass is 79.9. The van der Waals surface area contributed by atoms with E-state index in [1.807, 2.05) is 31.3 Å². The number of alkyl halides is 1. The maximum Gasteiger partial charge on any atom is 0.0350 e. The molecule has 0 fully saturated rings. The number of benzene rings is 1. The lowest BCUT2D eigenvalue weighted by Gasteiger charge is -1.98. The zero-order valence-corrected chi connectivity index (χ0v) is 9.19. The average molecular weight is 238 g/mol. The van der Waals surface area contributed by atoms with Crippen LogP contribution in [0, 0.1) is 11.8 Å². The first-order valence-electron chi connectivity index (χ1n) is 4.19. The molecule has 0 aliphatic rings. The summed E-state index contributed by atoms with van der Waals surface area (Å²) < 4.78 is 0. The summed E-state index contributed by atoms with van der Waals surface area (Å²) in [7, 11) is 1.91. The van der Waals surface area contributed by atoms with E-state index in [4.69, 9.17) is 0 Å². The molecule has 0 aliphatic carbocycles. The predicted octanol–water partition coefficient (Wildman–Crippen LogP) is 2.86. The van der Waals surface area contributed by atoms with Crippen molar-refractivity contribution in [1.82, 2.24) is 0 Å². The highest BCUT2D eigenvalue weighted by Crippen LogP contribution is 2.08. The van der Waals surface area contributed by atoms with Crippen LogP contribution in [-0.4, -0.2) is 12.4 Å². The van der Waals surface area contributed by atoms with Gasteiger partial charge in [-0.1, -0.05) is 33.8 Å². The molecule has 2 heteroatoms. The highest BCUT2D eigenvalue weighted by molar-refractivity contribution is 9.09. The number of hydrogen-bond donors (Lipinski definition) is 1. The van der Waals surface area contributed by atoms with E-state index in [2.05, 4.69) is 33.1 Å². The average Bonchev–Trinajstić information content (AvgIpc) is 2.19. The van der Waals surface area contributed by atoms with Gasteiger partial charge in [0.15, 0.2) is 0 Å². The van der Waals surface area contributed by atoms with Gasteiger partial charge in [-0.05, 0) is 18.2 Å². The molecule has 1 N–H and O–H groups in total. The van der Waals surface area contributed by atoms with E-state index in [1.165, 1.54) is 0 Å². The molecule has 68 valence electrons. The summed E-state index contributed by atoms with van der Waals surface area (Å²) in [6.45, 7) is 0. The Kier molecular flexibility index (Phi) is 4.42. The van der Waals surface area contributed by atoms with E-state index in [0.29, 0.717) is 0 Å². The summed E-state index contributed by atoms with van der Waals surface area (Å²) in [5.74, 6) is 6.18. The van der Waals surface area contributed by atoms with Crippen LogP contribution in [0.4, 0.5) is 5.69 Å². The van der Waals surface area contributed by atoms with Crippen molar-refractivity contribution >= 4 is 21.6 Å². The maximum atomic E-state index is 3.34. The zero-order valence-electron chi connectivity index (χ0n) is 7.60. The molecule has 0 saturated heterocycles. The quantitative estimate of drug-likeness (QED) is 0.617. The van der Waals surface area contributed by atoms with Crippen molar-refractivity contribution in [2.24, 2.45) is 0 Å². The van der Waals surface area contributed by atoms with Gasteiger partial charge in [0.25, 0.3) is 0 Å². The van der Waals surface area contributed by atoms with Crippen molar-refractivity contribution in [2.75, 3.05) is 17.7 Å². The smallest absolute Gasteiger partial charge is 0.0350 e. The predicted molar refractivity (Wildman–Crippen MR) is 61.3 cm³/mol. The van der Waals surface area contributed by atoms with E-state index in [0.717, 1.165) is 23.0 Å². The molecule has 1 nitrogen and oxygen atoms in total. The number of rotatable bonds is 2. The van der Waals surface area contributed by atoms with Crippen molar-refractivity contribution in [3.05, 3.63) is 29.8 Å². The fourth-order valence-corrected chi connectivity index (χ4v) is 1.16. The van der Waals surface area contributed by atoms with Crippen LogP contribution >= 0.6 is 15.9 Å². The lowest BCUT2D eigenvalue weighted by atomic mass is 10.2. The van der Waals surface area contributed by atoms with Gasteiger partial charge in [-0.25, -0.2) is 0 Å². The summed E-state index contributed by atoms with van der Waals surface area (Å²) in [6, 6.07) is 8.09. The molecule has 0 unspecified atom stereocenters. The van der Waals surface area contributed by atoms with Gasteiger partial charge in [0.05, 0.1) is 0 Å². The van der Waals surface area contributed by atoms with E-state index >= 15 is 0 Å². The summed E-state index contributed by atoms with van der Waals surface area (Å²) in [4.78, 5) is 0. The standard InChI is InChI=1S/C11H12BrN/c1-13-11-7-4-6-10(9-11)5-2-3-8-12/h4,6-7,9,13H,3,8H2,1H3. The van der Waals surface area contributed by atoms with Crippen molar-refractivity contribution in [3.63, 3.8) is 0 Å². The molecule has 0 aliphatic heterocycles. The molecule has 0 bridgehead atoms. The summed E-state index contributed by atoms with van der Waals surface area (Å²) >= 11 is 3.34. The van der Waals surface area contributed by atoms with Gasteiger partial charge in [-0.2, -0.15) is 0 Å². The Labute approximate surface area is 87.7 Å². The second kappa shape index (κ2) is 5.66. The van der Waals surface area contributed by atoms with E-state index in [1.54, 1.807) is 0 Å². The summed E-state index contributed by atoms with van der Waals surface area (Å²) in [5, 5.41) is 4.02. The van der Waals surface area contributed by atoms with Gasteiger partial charge in [0.2, 0.25) is 0 Å². The first-order valence-corrected chi connectivity index (χ1v) is 5.31. The van der Waals surface area contributed by atoms with Crippen molar-refractivity contribution < 1.29 is 0 Å². The lowest BCUT2D eigenvalue weighted by molar-refractivity contribution is 1.32. The normalized spacial score (nSPS) is 8.77. The van der Waals surface area contributed by atoms with Crippen LogP contribution in [0.1, 0.15) is 12.0 Å². The Balaban J connectivity index is 2.73. The van der Waals surface area contributed by atoms with Gasteiger partial charge in [0.1, 0.15) is 0 Å². The van der Waals surface area contributed by atoms with Crippen LogP contribution in [-0.2, 0) is 0 Å². The van der Waals surface area contributed by atoms with Crippen LogP contribution < -0.4 is 5.32 Å². The van der Waals surface area contributed by atoms with Gasteiger partial charge >= 0.3 is 0 Å². The van der Waals surface area contributed by atoms with E-state index < -0.39 is 0 Å². The topological polar surface area (TPSA) is 12.0 Å². The maximum absolute atomic E-state index is 3.34. The Hall–Kier alpha value is -0.940. The zero-order chi connectivity index (χ0) is 9.52. The van der Waals surface area contributed by atoms with Crippen molar-refractivity contribution in [2.45, 2.75) is 6.42 Å². The third kappa shape index (κ3) is 3.52. The minimum absolute atomic E-state index is 0.893. The van der Waals surface area contributed by atoms with Gasteiger partial charge in [0, 0.05) is 30.0 Å². The van der Waals surface area contributed by atoms with Crippen molar-refractivity contribution in [3.8, 4) is 11.8 Å². The Bertz CT molecular complexity index is 322. The van der Waals surface area contributed by atoms with Crippen molar-refractivity contribution in [1.29, 1.82) is 0 Å². The molecule has 0 radical (unpaired) electrons. The monoisotopic (exact) mass is 237 g/mol. The molecule has 0 aromatic heterocycles. The van der Waals surface area contributed by atoms with Gasteiger partial charge in [-0.3, -0.25) is 0 Å². The first-order chi connectivity index (χ1) is 6.36. The SMILES string of the molecule is CNc1cccc(C#CCCBr)c1. The molecule has 0 spiro atoms. The molecular formula is C11H12BrN. The third-order valence-corrected chi connectivity index (χ3v) is 2.00. The number of hydrogen-bond acceptors (Lipinski definition) is 1. The number of anilines is 1. The molecular weight excluding hydrogens is 226 g/mol. The molecule has 13 heavy (non-hydrogen) atoms. The second-order valence-electron chi connectivity index (χ2n) is 2.57. The molecule has 1 rings (SSSR count). The minimum Gasteiger partial charge on any atom is -0.388 e. The van der Waals surface area contributed by atoms with Crippen LogP contribution in [0.2, 0.25) is 0 Å². The lowest BCUT2D eigenvalue weighted by Crippen LogP contribution is -1.87. The highest BCUT2D eigenvalue weighted by Gasteiger charge is 1.88. The Morgan fingerprint density at radius 2 is 2.31 bits per heavy atom. The Morgan fingerprint density at radius 3 is 3.00 bits per heavy atom. The fraction of sp³-hybridized carbons (Fsp3) is 0.273.